The summed E-state index contributed by atoms with van der Waals surface area (Å²) in [4.78, 5) is 2.37. The first-order valence-electron chi connectivity index (χ1n) is 5.51. The zero-order chi connectivity index (χ0) is 10.7. The molecular weight excluding hydrogens is 190 g/mol. The molecule has 1 N–H and O–H groups in total. The van der Waals surface area contributed by atoms with Gasteiger partial charge in [0.15, 0.2) is 7.98 Å². The van der Waals surface area contributed by atoms with Gasteiger partial charge in [-0.1, -0.05) is 5.10 Å². The quantitative estimate of drug-likeness (QED) is 0.560. The second-order valence-corrected chi connectivity index (χ2v) is 3.99. The van der Waals surface area contributed by atoms with Crippen molar-refractivity contribution in [1.82, 2.24) is 25.0 Å². The summed E-state index contributed by atoms with van der Waals surface area (Å²) in [7, 11) is 4.20. The molecule has 2 rings (SSSR count). The van der Waals surface area contributed by atoms with Gasteiger partial charge in [0, 0.05) is 6.04 Å². The number of aromatic nitrogens is 4. The lowest BCUT2D eigenvalue weighted by Crippen LogP contribution is -2.31. The average molecular weight is 206 g/mol. The van der Waals surface area contributed by atoms with Gasteiger partial charge in [-0.15, -0.1) is 0 Å². The molecule has 1 aliphatic rings. The molecule has 6 nitrogen and oxygen atoms in total. The fourth-order valence-electron chi connectivity index (χ4n) is 2.02. The first-order chi connectivity index (χ1) is 7.31. The van der Waals surface area contributed by atoms with E-state index in [1.165, 1.54) is 19.4 Å². The molecule has 0 amide bonds. The molecule has 1 aromatic heterocycles. The van der Waals surface area contributed by atoms with Crippen LogP contribution in [0.1, 0.15) is 12.8 Å². The first-order valence-corrected chi connectivity index (χ1v) is 5.51. The summed E-state index contributed by atoms with van der Waals surface area (Å²) in [6.45, 7) is 2.06. The molecule has 0 radical (unpaired) electrons. The van der Waals surface area contributed by atoms with Crippen LogP contribution < -0.4 is 5.32 Å². The van der Waals surface area contributed by atoms with Crippen molar-refractivity contribution in [3.63, 3.8) is 0 Å². The Morgan fingerprint density at radius 3 is 3.07 bits per heavy atom. The lowest BCUT2D eigenvalue weighted by Gasteiger charge is -2.19. The summed E-state index contributed by atoms with van der Waals surface area (Å²) >= 11 is 0. The molecule has 0 saturated carbocycles. The fourth-order valence-corrected chi connectivity index (χ4v) is 2.02. The molecule has 15 heavy (non-hydrogen) atoms. The Balaban J connectivity index is 2.00. The van der Waals surface area contributed by atoms with Gasteiger partial charge in [0.25, 0.3) is 0 Å². The summed E-state index contributed by atoms with van der Waals surface area (Å²) in [5.74, 6) is 0.776. The van der Waals surface area contributed by atoms with E-state index in [2.05, 4.69) is 33.6 Å². The van der Waals surface area contributed by atoms with E-state index in [0.29, 0.717) is 6.04 Å². The molecular formula is C7H16B2N6. The zero-order valence-electron chi connectivity index (χ0n) is 9.35. The van der Waals surface area contributed by atoms with E-state index in [0.717, 1.165) is 18.9 Å². The zero-order valence-corrected chi connectivity index (χ0v) is 9.35. The third-order valence-electron chi connectivity index (χ3n) is 2.92. The van der Waals surface area contributed by atoms with Crippen molar-refractivity contribution in [2.45, 2.75) is 25.4 Å². The maximum atomic E-state index is 4.00. The standard InChI is InChI=1S/C7H16B2N6/c8-5-10-7-11-12-13-15(7)4-6-2-1-3-14(6)9/h6H,1-5,8-9H2,(H,10,11,13). The van der Waals surface area contributed by atoms with E-state index in [4.69, 9.17) is 0 Å². The molecule has 0 spiro atoms. The van der Waals surface area contributed by atoms with Crippen LogP contribution in [0.2, 0.25) is 0 Å². The molecule has 80 valence electrons. The minimum absolute atomic E-state index is 0.575. The van der Waals surface area contributed by atoms with Gasteiger partial charge in [-0.2, -0.15) is 0 Å². The van der Waals surface area contributed by atoms with Crippen LogP contribution in [0.25, 0.3) is 0 Å². The van der Waals surface area contributed by atoms with Crippen LogP contribution in [0.15, 0.2) is 0 Å². The van der Waals surface area contributed by atoms with Gasteiger partial charge < -0.3 is 10.1 Å². The Kier molecular flexibility index (Phi) is 3.25. The van der Waals surface area contributed by atoms with E-state index >= 15 is 0 Å². The first kappa shape index (κ1) is 10.5. The van der Waals surface area contributed by atoms with E-state index in [9.17, 15) is 0 Å². The van der Waals surface area contributed by atoms with Crippen LogP contribution >= 0.6 is 0 Å². The molecule has 0 aliphatic carbocycles. The number of nitrogens with zero attached hydrogens (tertiary/aromatic N) is 5. The van der Waals surface area contributed by atoms with Crippen LogP contribution in [0.4, 0.5) is 5.95 Å². The average Bonchev–Trinajstić information content (AvgIpc) is 2.80. The van der Waals surface area contributed by atoms with Crippen LogP contribution in [-0.2, 0) is 6.54 Å². The van der Waals surface area contributed by atoms with Gasteiger partial charge in [0.05, 0.1) is 6.54 Å². The molecule has 1 aromatic rings. The minimum atomic E-state index is 0.575. The highest BCUT2D eigenvalue weighted by molar-refractivity contribution is 6.09. The van der Waals surface area contributed by atoms with Crippen molar-refractivity contribution >= 4 is 21.8 Å². The van der Waals surface area contributed by atoms with Crippen LogP contribution in [0, 0.1) is 0 Å². The smallest absolute Gasteiger partial charge is 0.242 e. The number of hydrogen-bond acceptors (Lipinski definition) is 5. The second kappa shape index (κ2) is 4.65. The largest absolute Gasteiger partial charge is 0.361 e. The molecule has 1 unspecified atom stereocenters. The molecule has 0 bridgehead atoms. The van der Waals surface area contributed by atoms with E-state index in [-0.39, 0.29) is 0 Å². The highest BCUT2D eigenvalue weighted by Gasteiger charge is 2.22. The lowest BCUT2D eigenvalue weighted by atomic mass is 10.2. The van der Waals surface area contributed by atoms with Crippen LogP contribution in [0.5, 0.6) is 0 Å². The Bertz CT molecular complexity index is 316. The fraction of sp³-hybridized carbons (Fsp3) is 0.857. The van der Waals surface area contributed by atoms with Crippen molar-refractivity contribution in [2.24, 2.45) is 0 Å². The molecule has 1 atom stereocenters. The monoisotopic (exact) mass is 206 g/mol. The maximum Gasteiger partial charge on any atom is 0.242 e. The molecule has 8 heteroatoms. The van der Waals surface area contributed by atoms with E-state index in [1.54, 1.807) is 0 Å². The summed E-state index contributed by atoms with van der Waals surface area (Å²) in [5.41, 5.74) is 0. The summed E-state index contributed by atoms with van der Waals surface area (Å²) < 4.78 is 1.86. The van der Waals surface area contributed by atoms with Gasteiger partial charge >= 0.3 is 0 Å². The normalized spacial score (nSPS) is 22.0. The molecule has 1 aliphatic heterocycles. The van der Waals surface area contributed by atoms with Gasteiger partial charge in [-0.25, -0.2) is 4.68 Å². The van der Waals surface area contributed by atoms with Crippen molar-refractivity contribution in [2.75, 3.05) is 18.3 Å². The van der Waals surface area contributed by atoms with Crippen LogP contribution in [-0.4, -0.2) is 59.9 Å². The van der Waals surface area contributed by atoms with Gasteiger partial charge in [0.2, 0.25) is 5.95 Å². The topological polar surface area (TPSA) is 58.9 Å². The SMILES string of the molecule is BCNc1nnnn1CC1CCCN1B. The molecule has 0 aromatic carbocycles. The Hall–Kier alpha value is -1.04. The van der Waals surface area contributed by atoms with Gasteiger partial charge in [0.1, 0.15) is 7.85 Å². The number of hydrogen-bond donors (Lipinski definition) is 1. The van der Waals surface area contributed by atoms with E-state index in [1.807, 2.05) is 12.5 Å². The van der Waals surface area contributed by atoms with Gasteiger partial charge in [-0.3, -0.25) is 0 Å². The highest BCUT2D eigenvalue weighted by atomic mass is 15.6. The molecule has 1 fully saturated rings. The third-order valence-corrected chi connectivity index (χ3v) is 2.92. The van der Waals surface area contributed by atoms with Crippen molar-refractivity contribution in [1.29, 1.82) is 0 Å². The van der Waals surface area contributed by atoms with Crippen LogP contribution in [0.3, 0.4) is 0 Å². The van der Waals surface area contributed by atoms with E-state index < -0.39 is 0 Å². The lowest BCUT2D eigenvalue weighted by molar-refractivity contribution is 0.357. The van der Waals surface area contributed by atoms with Crippen molar-refractivity contribution in [3.8, 4) is 0 Å². The Labute approximate surface area is 91.2 Å². The second-order valence-electron chi connectivity index (χ2n) is 3.99. The summed E-state index contributed by atoms with van der Waals surface area (Å²) in [6.07, 6.45) is 3.36. The molecule has 2 heterocycles. The number of tetrazole rings is 1. The molecule has 1 saturated heterocycles. The highest BCUT2D eigenvalue weighted by Crippen LogP contribution is 2.16. The summed E-state index contributed by atoms with van der Waals surface area (Å²) in [6, 6.07) is 0.575. The third kappa shape index (κ3) is 2.31. The Morgan fingerprint density at radius 2 is 2.40 bits per heavy atom. The van der Waals surface area contributed by atoms with Crippen molar-refractivity contribution in [3.05, 3.63) is 0 Å². The minimum Gasteiger partial charge on any atom is -0.361 e. The predicted molar refractivity (Wildman–Crippen MR) is 63.1 cm³/mol. The van der Waals surface area contributed by atoms with Crippen molar-refractivity contribution < 1.29 is 0 Å². The number of anilines is 1. The summed E-state index contributed by atoms with van der Waals surface area (Å²) in [5, 5.41) is 14.8. The Morgan fingerprint density at radius 1 is 1.53 bits per heavy atom. The number of rotatable bonds is 4. The van der Waals surface area contributed by atoms with Gasteiger partial charge in [-0.05, 0) is 36.3 Å². The predicted octanol–water partition coefficient (Wildman–Crippen LogP) is -2.31. The maximum absolute atomic E-state index is 4.00. The number of nitrogens with one attached hydrogen (secondary N) is 1.